The molecule has 2 heteroatoms. The normalized spacial score (nSPS) is 12.9. The Labute approximate surface area is 79.0 Å². The van der Waals surface area contributed by atoms with E-state index in [2.05, 4.69) is 18.8 Å². The molecule has 0 saturated heterocycles. The van der Waals surface area contributed by atoms with E-state index < -0.39 is 0 Å². The van der Waals surface area contributed by atoms with Gasteiger partial charge >= 0.3 is 0 Å². The fraction of sp³-hybridized carbons (Fsp3) is 0.455. The Morgan fingerprint density at radius 2 is 2.08 bits per heavy atom. The van der Waals surface area contributed by atoms with Crippen LogP contribution in [0.2, 0.25) is 0 Å². The van der Waals surface area contributed by atoms with Gasteiger partial charge in [-0.3, -0.25) is 9.78 Å². The second-order valence-corrected chi connectivity index (χ2v) is 3.64. The molecule has 0 amide bonds. The van der Waals surface area contributed by atoms with Gasteiger partial charge in [0.15, 0.2) is 5.78 Å². The minimum Gasteiger partial charge on any atom is -0.294 e. The van der Waals surface area contributed by atoms with Crippen molar-refractivity contribution in [3.63, 3.8) is 0 Å². The minimum absolute atomic E-state index is 0.0733. The van der Waals surface area contributed by atoms with Gasteiger partial charge in [-0.05, 0) is 18.1 Å². The summed E-state index contributed by atoms with van der Waals surface area (Å²) in [7, 11) is 0. The Kier molecular flexibility index (Phi) is 3.18. The molecule has 1 rings (SSSR count). The Morgan fingerprint density at radius 1 is 1.38 bits per heavy atom. The summed E-state index contributed by atoms with van der Waals surface area (Å²) in [4.78, 5) is 15.7. The van der Waals surface area contributed by atoms with E-state index in [4.69, 9.17) is 0 Å². The molecule has 0 aliphatic rings. The van der Waals surface area contributed by atoms with Gasteiger partial charge in [-0.15, -0.1) is 0 Å². The molecule has 0 aliphatic heterocycles. The quantitative estimate of drug-likeness (QED) is 0.664. The van der Waals surface area contributed by atoms with Crippen LogP contribution in [0, 0.1) is 11.8 Å². The van der Waals surface area contributed by atoms with E-state index in [-0.39, 0.29) is 11.7 Å². The van der Waals surface area contributed by atoms with Gasteiger partial charge in [0.1, 0.15) is 0 Å². The number of rotatable bonds is 3. The molecule has 0 aromatic carbocycles. The minimum atomic E-state index is 0.0733. The fourth-order valence-electron chi connectivity index (χ4n) is 1.07. The molecule has 1 heterocycles. The Balaban J connectivity index is 2.80. The highest BCUT2D eigenvalue weighted by atomic mass is 16.1. The summed E-state index contributed by atoms with van der Waals surface area (Å²) < 4.78 is 0. The summed E-state index contributed by atoms with van der Waals surface area (Å²) >= 11 is 0. The molecular weight excluding hydrogens is 162 g/mol. The van der Waals surface area contributed by atoms with Gasteiger partial charge in [0.25, 0.3) is 0 Å². The van der Waals surface area contributed by atoms with E-state index >= 15 is 0 Å². The van der Waals surface area contributed by atoms with Crippen molar-refractivity contribution in [2.24, 2.45) is 11.8 Å². The Hall–Kier alpha value is -1.18. The first-order valence-electron chi connectivity index (χ1n) is 4.57. The van der Waals surface area contributed by atoms with Gasteiger partial charge in [0, 0.05) is 23.9 Å². The van der Waals surface area contributed by atoms with Crippen molar-refractivity contribution < 1.29 is 4.79 Å². The molecule has 0 aliphatic carbocycles. The lowest BCUT2D eigenvalue weighted by Gasteiger charge is -2.13. The van der Waals surface area contributed by atoms with E-state index in [1.807, 2.05) is 13.0 Å². The van der Waals surface area contributed by atoms with Gasteiger partial charge < -0.3 is 0 Å². The van der Waals surface area contributed by atoms with Crippen LogP contribution in [-0.4, -0.2) is 10.8 Å². The van der Waals surface area contributed by atoms with Crippen molar-refractivity contribution in [1.29, 1.82) is 0 Å². The van der Waals surface area contributed by atoms with Crippen LogP contribution in [0.15, 0.2) is 24.5 Å². The number of carbonyl (C=O) groups excluding carboxylic acids is 1. The first-order chi connectivity index (χ1) is 6.13. The molecular formula is C11H15NO. The maximum Gasteiger partial charge on any atom is 0.167 e. The van der Waals surface area contributed by atoms with E-state index in [0.29, 0.717) is 11.5 Å². The topological polar surface area (TPSA) is 30.0 Å². The number of nitrogens with zero attached hydrogens (tertiary/aromatic N) is 1. The van der Waals surface area contributed by atoms with Crippen molar-refractivity contribution in [2.75, 3.05) is 0 Å². The van der Waals surface area contributed by atoms with Crippen LogP contribution in [0.25, 0.3) is 0 Å². The average molecular weight is 177 g/mol. The predicted octanol–water partition coefficient (Wildman–Crippen LogP) is 2.56. The zero-order chi connectivity index (χ0) is 9.84. The molecule has 0 radical (unpaired) electrons. The molecule has 13 heavy (non-hydrogen) atoms. The summed E-state index contributed by atoms with van der Waals surface area (Å²) in [5.41, 5.74) is 0.712. The molecule has 0 N–H and O–H groups in total. The van der Waals surface area contributed by atoms with Crippen LogP contribution in [-0.2, 0) is 0 Å². The van der Waals surface area contributed by atoms with Crippen molar-refractivity contribution in [2.45, 2.75) is 20.8 Å². The summed E-state index contributed by atoms with van der Waals surface area (Å²) in [6.07, 6.45) is 3.30. The smallest absolute Gasteiger partial charge is 0.167 e. The second kappa shape index (κ2) is 4.17. The molecule has 1 atom stereocenters. The standard InChI is InChI=1S/C11H15NO/c1-8(2)9(3)11(13)10-5-4-6-12-7-10/h4-9H,1-3H3. The second-order valence-electron chi connectivity index (χ2n) is 3.64. The number of Topliss-reactive ketones (excluding diaryl/α,β-unsaturated/α-hetero) is 1. The molecule has 1 aromatic rings. The van der Waals surface area contributed by atoms with Gasteiger partial charge in [-0.2, -0.15) is 0 Å². The molecule has 2 nitrogen and oxygen atoms in total. The van der Waals surface area contributed by atoms with E-state index in [9.17, 15) is 4.79 Å². The predicted molar refractivity (Wildman–Crippen MR) is 52.6 cm³/mol. The van der Waals surface area contributed by atoms with Gasteiger partial charge in [-0.25, -0.2) is 0 Å². The number of ketones is 1. The summed E-state index contributed by atoms with van der Waals surface area (Å²) in [6.45, 7) is 6.07. The first-order valence-corrected chi connectivity index (χ1v) is 4.57. The summed E-state index contributed by atoms with van der Waals surface area (Å²) in [6, 6.07) is 3.61. The highest BCUT2D eigenvalue weighted by molar-refractivity contribution is 5.97. The average Bonchev–Trinajstić information content (AvgIpc) is 2.17. The number of aromatic nitrogens is 1. The Morgan fingerprint density at radius 3 is 2.54 bits per heavy atom. The van der Waals surface area contributed by atoms with Gasteiger partial charge in [0.05, 0.1) is 0 Å². The van der Waals surface area contributed by atoms with Crippen LogP contribution in [0.4, 0.5) is 0 Å². The lowest BCUT2D eigenvalue weighted by atomic mass is 9.90. The molecule has 1 aromatic heterocycles. The maximum atomic E-state index is 11.7. The lowest BCUT2D eigenvalue weighted by Crippen LogP contribution is -2.16. The van der Waals surface area contributed by atoms with Crippen LogP contribution < -0.4 is 0 Å². The van der Waals surface area contributed by atoms with E-state index in [1.54, 1.807) is 18.5 Å². The van der Waals surface area contributed by atoms with Crippen molar-refractivity contribution in [3.05, 3.63) is 30.1 Å². The molecule has 0 spiro atoms. The third-order valence-electron chi connectivity index (χ3n) is 2.36. The fourth-order valence-corrected chi connectivity index (χ4v) is 1.07. The van der Waals surface area contributed by atoms with Crippen molar-refractivity contribution in [3.8, 4) is 0 Å². The number of hydrogen-bond donors (Lipinski definition) is 0. The first kappa shape index (κ1) is 9.90. The molecule has 0 bridgehead atoms. The zero-order valence-corrected chi connectivity index (χ0v) is 8.32. The number of carbonyl (C=O) groups is 1. The monoisotopic (exact) mass is 177 g/mol. The van der Waals surface area contributed by atoms with E-state index in [0.717, 1.165) is 0 Å². The Bertz CT molecular complexity index is 279. The third kappa shape index (κ3) is 2.38. The molecule has 0 saturated carbocycles. The van der Waals surface area contributed by atoms with Gasteiger partial charge in [0.2, 0.25) is 0 Å². The van der Waals surface area contributed by atoms with Crippen LogP contribution in [0.3, 0.4) is 0 Å². The maximum absolute atomic E-state index is 11.7. The molecule has 1 unspecified atom stereocenters. The van der Waals surface area contributed by atoms with E-state index in [1.165, 1.54) is 0 Å². The highest BCUT2D eigenvalue weighted by Gasteiger charge is 2.17. The summed E-state index contributed by atoms with van der Waals surface area (Å²) in [5, 5.41) is 0. The highest BCUT2D eigenvalue weighted by Crippen LogP contribution is 2.15. The third-order valence-corrected chi connectivity index (χ3v) is 2.36. The molecule has 70 valence electrons. The zero-order valence-electron chi connectivity index (χ0n) is 8.32. The van der Waals surface area contributed by atoms with Crippen LogP contribution >= 0.6 is 0 Å². The number of hydrogen-bond acceptors (Lipinski definition) is 2. The van der Waals surface area contributed by atoms with Crippen LogP contribution in [0.1, 0.15) is 31.1 Å². The number of pyridine rings is 1. The molecule has 0 fully saturated rings. The lowest BCUT2D eigenvalue weighted by molar-refractivity contribution is 0.0899. The van der Waals surface area contributed by atoms with Crippen LogP contribution in [0.5, 0.6) is 0 Å². The summed E-state index contributed by atoms with van der Waals surface area (Å²) in [5.74, 6) is 0.639. The largest absolute Gasteiger partial charge is 0.294 e. The van der Waals surface area contributed by atoms with Gasteiger partial charge in [-0.1, -0.05) is 20.8 Å². The SMILES string of the molecule is CC(C)C(C)C(=O)c1cccnc1. The van der Waals surface area contributed by atoms with Crippen molar-refractivity contribution >= 4 is 5.78 Å². The van der Waals surface area contributed by atoms with Crippen molar-refractivity contribution in [1.82, 2.24) is 4.98 Å².